The molecule has 0 radical (unpaired) electrons. The molecule has 1 unspecified atom stereocenters. The number of carboxylic acids is 1. The molecule has 0 fully saturated rings. The van der Waals surface area contributed by atoms with E-state index in [0.29, 0.717) is 11.1 Å². The summed E-state index contributed by atoms with van der Waals surface area (Å²) in [6, 6.07) is 8.75. The van der Waals surface area contributed by atoms with Crippen molar-refractivity contribution in [3.8, 4) is 0 Å². The van der Waals surface area contributed by atoms with Crippen LogP contribution >= 0.6 is 0 Å². The van der Waals surface area contributed by atoms with Crippen LogP contribution in [-0.4, -0.2) is 22.0 Å². The average Bonchev–Trinajstić information content (AvgIpc) is 2.91. The van der Waals surface area contributed by atoms with E-state index in [-0.39, 0.29) is 6.42 Å². The van der Waals surface area contributed by atoms with Crippen molar-refractivity contribution in [3.63, 3.8) is 0 Å². The fourth-order valence-electron chi connectivity index (χ4n) is 2.36. The van der Waals surface area contributed by atoms with Gasteiger partial charge in [-0.05, 0) is 24.5 Å². The first kappa shape index (κ1) is 14.8. The molecule has 0 saturated heterocycles. The van der Waals surface area contributed by atoms with Crippen molar-refractivity contribution in [2.45, 2.75) is 25.8 Å². The highest BCUT2D eigenvalue weighted by Crippen LogP contribution is 2.26. The van der Waals surface area contributed by atoms with Crippen molar-refractivity contribution < 1.29 is 14.7 Å². The second-order valence-electron chi connectivity index (χ2n) is 4.94. The van der Waals surface area contributed by atoms with Gasteiger partial charge in [0, 0.05) is 12.4 Å². The predicted molar refractivity (Wildman–Crippen MR) is 79.0 cm³/mol. The van der Waals surface area contributed by atoms with Gasteiger partial charge in [-0.2, -0.15) is 0 Å². The largest absolute Gasteiger partial charge is 0.479 e. The Bertz CT molecular complexity index is 649. The van der Waals surface area contributed by atoms with Crippen LogP contribution in [0.2, 0.25) is 0 Å². The van der Waals surface area contributed by atoms with Gasteiger partial charge in [-0.15, -0.1) is 0 Å². The number of rotatable bonds is 5. The predicted octanol–water partition coefficient (Wildman–Crippen LogP) is 2.44. The van der Waals surface area contributed by atoms with Gasteiger partial charge in [-0.3, -0.25) is 4.79 Å². The molecule has 0 bridgehead atoms. The Balaban J connectivity index is 2.41. The molecule has 0 aliphatic heterocycles. The van der Waals surface area contributed by atoms with Gasteiger partial charge >= 0.3 is 5.97 Å². The van der Waals surface area contributed by atoms with E-state index in [9.17, 15) is 14.7 Å². The molecule has 3 N–H and O–H groups in total. The zero-order valence-corrected chi connectivity index (χ0v) is 12.0. The molecule has 2 aromatic rings. The third-order valence-corrected chi connectivity index (χ3v) is 3.69. The van der Waals surface area contributed by atoms with Crippen molar-refractivity contribution in [2.24, 2.45) is 0 Å². The molecule has 110 valence electrons. The number of nitrogens with one attached hydrogen (secondary N) is 2. The molecule has 1 aromatic heterocycles. The Labute approximate surface area is 123 Å². The summed E-state index contributed by atoms with van der Waals surface area (Å²) in [6.45, 7) is 3.54. The Morgan fingerprint density at radius 3 is 2.38 bits per heavy atom. The van der Waals surface area contributed by atoms with Gasteiger partial charge in [-0.25, -0.2) is 4.79 Å². The van der Waals surface area contributed by atoms with Crippen LogP contribution in [-0.2, 0) is 10.3 Å². The number of aromatic nitrogens is 1. The molecule has 1 heterocycles. The summed E-state index contributed by atoms with van der Waals surface area (Å²) in [7, 11) is 0. The van der Waals surface area contributed by atoms with Gasteiger partial charge < -0.3 is 15.4 Å². The van der Waals surface area contributed by atoms with E-state index in [1.165, 1.54) is 0 Å². The van der Waals surface area contributed by atoms with Crippen LogP contribution in [0.25, 0.3) is 0 Å². The van der Waals surface area contributed by atoms with E-state index in [4.69, 9.17) is 0 Å². The lowest BCUT2D eigenvalue weighted by molar-refractivity contribution is -0.145. The van der Waals surface area contributed by atoms with Crippen molar-refractivity contribution in [2.75, 3.05) is 0 Å². The molecule has 1 amide bonds. The van der Waals surface area contributed by atoms with Crippen LogP contribution in [0, 0.1) is 6.92 Å². The third kappa shape index (κ3) is 2.67. The van der Waals surface area contributed by atoms with Crippen LogP contribution < -0.4 is 5.32 Å². The molecule has 2 rings (SSSR count). The summed E-state index contributed by atoms with van der Waals surface area (Å²) in [5, 5.41) is 12.4. The van der Waals surface area contributed by atoms with E-state index in [2.05, 4.69) is 10.3 Å². The minimum absolute atomic E-state index is 0.252. The number of carbonyl (C=O) groups excluding carboxylic acids is 1. The molecule has 0 aliphatic rings. The normalized spacial score (nSPS) is 13.4. The zero-order valence-electron chi connectivity index (χ0n) is 12.0. The van der Waals surface area contributed by atoms with Crippen molar-refractivity contribution in [1.82, 2.24) is 10.3 Å². The summed E-state index contributed by atoms with van der Waals surface area (Å²) in [5.41, 5.74) is 0.352. The van der Waals surface area contributed by atoms with Gasteiger partial charge in [0.15, 0.2) is 5.54 Å². The Hall–Kier alpha value is -2.56. The summed E-state index contributed by atoms with van der Waals surface area (Å²) in [5.74, 6) is -1.47. The zero-order chi connectivity index (χ0) is 15.5. The number of aryl methyl sites for hydroxylation is 1. The molecule has 1 atom stereocenters. The summed E-state index contributed by atoms with van der Waals surface area (Å²) in [4.78, 5) is 27.0. The van der Waals surface area contributed by atoms with E-state index >= 15 is 0 Å². The number of amides is 1. The van der Waals surface area contributed by atoms with Crippen LogP contribution in [0.1, 0.15) is 34.8 Å². The Morgan fingerprint density at radius 2 is 1.90 bits per heavy atom. The van der Waals surface area contributed by atoms with E-state index in [0.717, 1.165) is 5.56 Å². The number of carboxylic acid groups (broad SMARTS) is 1. The maximum Gasteiger partial charge on any atom is 0.334 e. The highest BCUT2D eigenvalue weighted by atomic mass is 16.4. The molecule has 0 spiro atoms. The number of hydrogen-bond acceptors (Lipinski definition) is 2. The highest BCUT2D eigenvalue weighted by molar-refractivity contribution is 5.99. The smallest absolute Gasteiger partial charge is 0.334 e. The fraction of sp³-hybridized carbons (Fsp3) is 0.250. The molecule has 0 aliphatic carbocycles. The van der Waals surface area contributed by atoms with Gasteiger partial charge in [0.1, 0.15) is 0 Å². The van der Waals surface area contributed by atoms with Crippen molar-refractivity contribution >= 4 is 11.9 Å². The monoisotopic (exact) mass is 286 g/mol. The van der Waals surface area contributed by atoms with Gasteiger partial charge in [0.05, 0.1) is 5.56 Å². The molecule has 21 heavy (non-hydrogen) atoms. The molecular weight excluding hydrogens is 268 g/mol. The Kier molecular flexibility index (Phi) is 4.12. The van der Waals surface area contributed by atoms with Crippen LogP contribution in [0.5, 0.6) is 0 Å². The number of aromatic amines is 1. The first-order valence-electron chi connectivity index (χ1n) is 6.76. The number of aliphatic carboxylic acids is 1. The molecule has 0 saturated carbocycles. The minimum atomic E-state index is -1.43. The Morgan fingerprint density at radius 1 is 1.24 bits per heavy atom. The number of hydrogen-bond donors (Lipinski definition) is 3. The van der Waals surface area contributed by atoms with E-state index in [1.807, 2.05) is 6.07 Å². The first-order valence-corrected chi connectivity index (χ1v) is 6.76. The van der Waals surface area contributed by atoms with Crippen LogP contribution in [0.4, 0.5) is 0 Å². The fourth-order valence-corrected chi connectivity index (χ4v) is 2.36. The number of carbonyl (C=O) groups is 2. The molecule has 5 heteroatoms. The number of benzene rings is 1. The second-order valence-corrected chi connectivity index (χ2v) is 4.94. The maximum absolute atomic E-state index is 12.4. The number of H-pyrrole nitrogens is 1. The molecule has 5 nitrogen and oxygen atoms in total. The summed E-state index contributed by atoms with van der Waals surface area (Å²) in [6.07, 6.45) is 3.52. The van der Waals surface area contributed by atoms with Gasteiger partial charge in [0.25, 0.3) is 5.91 Å². The summed E-state index contributed by atoms with van der Waals surface area (Å²) >= 11 is 0. The minimum Gasteiger partial charge on any atom is -0.479 e. The average molecular weight is 286 g/mol. The van der Waals surface area contributed by atoms with E-state index in [1.54, 1.807) is 50.5 Å². The quantitative estimate of drug-likeness (QED) is 0.789. The first-order chi connectivity index (χ1) is 10.0. The SMILES string of the molecule is CCC(NC(=O)c1c[nH]cc1C)(C(=O)O)c1ccccc1. The van der Waals surface area contributed by atoms with Crippen molar-refractivity contribution in [1.29, 1.82) is 0 Å². The van der Waals surface area contributed by atoms with Gasteiger partial charge in [0.2, 0.25) is 0 Å². The highest BCUT2D eigenvalue weighted by Gasteiger charge is 2.40. The lowest BCUT2D eigenvalue weighted by Crippen LogP contribution is -2.51. The molecule has 1 aromatic carbocycles. The summed E-state index contributed by atoms with van der Waals surface area (Å²) < 4.78 is 0. The van der Waals surface area contributed by atoms with E-state index < -0.39 is 17.4 Å². The lowest BCUT2D eigenvalue weighted by atomic mass is 9.87. The van der Waals surface area contributed by atoms with Gasteiger partial charge in [-0.1, -0.05) is 37.3 Å². The maximum atomic E-state index is 12.4. The van der Waals surface area contributed by atoms with Crippen LogP contribution in [0.3, 0.4) is 0 Å². The van der Waals surface area contributed by atoms with Crippen LogP contribution in [0.15, 0.2) is 42.7 Å². The van der Waals surface area contributed by atoms with Crippen molar-refractivity contribution in [3.05, 3.63) is 59.4 Å². The topological polar surface area (TPSA) is 82.2 Å². The standard InChI is InChI=1S/C16H18N2O3/c1-3-16(15(20)21,12-7-5-4-6-8-12)18-14(19)13-10-17-9-11(13)2/h4-10,17H,3H2,1-2H3,(H,18,19)(H,20,21). The lowest BCUT2D eigenvalue weighted by Gasteiger charge is -2.30. The third-order valence-electron chi connectivity index (χ3n) is 3.69. The second kappa shape index (κ2) is 5.83. The molecular formula is C16H18N2O3.